The van der Waals surface area contributed by atoms with Gasteiger partial charge in [0.15, 0.2) is 0 Å². The van der Waals surface area contributed by atoms with E-state index in [1.54, 1.807) is 0 Å². The van der Waals surface area contributed by atoms with Crippen molar-refractivity contribution in [3.05, 3.63) is 29.8 Å². The lowest BCUT2D eigenvalue weighted by molar-refractivity contribution is -0.119. The zero-order chi connectivity index (χ0) is 15.9. The molecule has 8 heteroatoms. The highest BCUT2D eigenvalue weighted by Crippen LogP contribution is 2.11. The van der Waals surface area contributed by atoms with Crippen LogP contribution >= 0.6 is 0 Å². The second-order valence-corrected chi connectivity index (χ2v) is 5.96. The first-order valence-corrected chi connectivity index (χ1v) is 7.83. The monoisotopic (exact) mass is 314 g/mol. The maximum absolute atomic E-state index is 12.0. The Morgan fingerprint density at radius 3 is 2.33 bits per heavy atom. The molecule has 0 heterocycles. The molecule has 116 valence electrons. The molecule has 0 bridgehead atoms. The van der Waals surface area contributed by atoms with Gasteiger partial charge in [0.2, 0.25) is 15.9 Å². The number of benzene rings is 1. The first-order valence-electron chi connectivity index (χ1n) is 6.35. The molecule has 0 atom stereocenters. The Hall–Kier alpha value is -1.93. The highest BCUT2D eigenvalue weighted by Gasteiger charge is 2.16. The molecule has 0 unspecified atom stereocenters. The van der Waals surface area contributed by atoms with Crippen LogP contribution in [0.1, 0.15) is 23.7 Å². The Labute approximate surface area is 123 Å². The van der Waals surface area contributed by atoms with Crippen molar-refractivity contribution in [3.8, 4) is 0 Å². The lowest BCUT2D eigenvalue weighted by Gasteiger charge is -2.07. The van der Waals surface area contributed by atoms with E-state index >= 15 is 0 Å². The summed E-state index contributed by atoms with van der Waals surface area (Å²) in [6.45, 7) is 2.06. The second kappa shape index (κ2) is 7.75. The molecule has 0 aliphatic heterocycles. The first-order chi connectivity index (χ1) is 9.90. The molecule has 1 aromatic rings. The van der Waals surface area contributed by atoms with Gasteiger partial charge in [0, 0.05) is 6.54 Å². The van der Waals surface area contributed by atoms with Gasteiger partial charge in [-0.05, 0) is 30.7 Å². The van der Waals surface area contributed by atoms with Crippen molar-refractivity contribution in [2.75, 3.05) is 20.2 Å². The first kappa shape index (κ1) is 17.1. The van der Waals surface area contributed by atoms with Crippen molar-refractivity contribution in [1.82, 2.24) is 10.0 Å². The van der Waals surface area contributed by atoms with E-state index in [-0.39, 0.29) is 17.0 Å². The number of sulfonamides is 1. The molecule has 0 radical (unpaired) electrons. The number of methoxy groups -OCH3 is 1. The van der Waals surface area contributed by atoms with E-state index in [4.69, 9.17) is 0 Å². The van der Waals surface area contributed by atoms with Gasteiger partial charge < -0.3 is 10.1 Å². The third-order valence-corrected chi connectivity index (χ3v) is 4.00. The molecule has 0 saturated heterocycles. The van der Waals surface area contributed by atoms with Gasteiger partial charge >= 0.3 is 5.97 Å². The van der Waals surface area contributed by atoms with Gasteiger partial charge in [0.1, 0.15) is 0 Å². The van der Waals surface area contributed by atoms with Crippen LogP contribution in [0.3, 0.4) is 0 Å². The number of carbonyl (C=O) groups excluding carboxylic acids is 2. The number of hydrogen-bond donors (Lipinski definition) is 2. The van der Waals surface area contributed by atoms with Crippen LogP contribution in [0.25, 0.3) is 0 Å². The van der Waals surface area contributed by atoms with Gasteiger partial charge in [-0.2, -0.15) is 0 Å². The van der Waals surface area contributed by atoms with Crippen LogP contribution in [0.5, 0.6) is 0 Å². The summed E-state index contributed by atoms with van der Waals surface area (Å²) in [6.07, 6.45) is 0.771. The van der Waals surface area contributed by atoms with Crippen molar-refractivity contribution >= 4 is 21.9 Å². The highest BCUT2D eigenvalue weighted by atomic mass is 32.2. The SMILES string of the molecule is CCCNC(=O)CNS(=O)(=O)c1ccc(C(=O)OC)cc1. The van der Waals surface area contributed by atoms with E-state index in [0.717, 1.165) is 6.42 Å². The van der Waals surface area contributed by atoms with E-state index in [1.165, 1.54) is 31.4 Å². The van der Waals surface area contributed by atoms with Crippen LogP contribution in [-0.4, -0.2) is 40.5 Å². The zero-order valence-electron chi connectivity index (χ0n) is 11.9. The van der Waals surface area contributed by atoms with E-state index in [1.807, 2.05) is 6.92 Å². The molecule has 0 saturated carbocycles. The second-order valence-electron chi connectivity index (χ2n) is 4.19. The maximum atomic E-state index is 12.0. The summed E-state index contributed by atoms with van der Waals surface area (Å²) in [5, 5.41) is 2.56. The third kappa shape index (κ3) is 5.16. The molecule has 21 heavy (non-hydrogen) atoms. The van der Waals surface area contributed by atoms with Crippen LogP contribution in [0, 0.1) is 0 Å². The molecule has 1 rings (SSSR count). The van der Waals surface area contributed by atoms with Gasteiger partial charge in [-0.1, -0.05) is 6.92 Å². The Bertz CT molecular complexity index is 595. The fourth-order valence-corrected chi connectivity index (χ4v) is 2.44. The Kier molecular flexibility index (Phi) is 6.32. The summed E-state index contributed by atoms with van der Waals surface area (Å²) in [5.74, 6) is -0.947. The van der Waals surface area contributed by atoms with Gasteiger partial charge in [-0.15, -0.1) is 0 Å². The molecule has 0 aliphatic carbocycles. The van der Waals surface area contributed by atoms with Crippen molar-refractivity contribution in [2.45, 2.75) is 18.2 Å². The average Bonchev–Trinajstić information content (AvgIpc) is 2.50. The lowest BCUT2D eigenvalue weighted by atomic mass is 10.2. The van der Waals surface area contributed by atoms with E-state index in [2.05, 4.69) is 14.8 Å². The summed E-state index contributed by atoms with van der Waals surface area (Å²) in [5.41, 5.74) is 0.247. The minimum atomic E-state index is -3.79. The number of rotatable bonds is 7. The molecular formula is C13H18N2O5S. The third-order valence-electron chi connectivity index (χ3n) is 2.58. The minimum absolute atomic E-state index is 0.0292. The maximum Gasteiger partial charge on any atom is 0.337 e. The van der Waals surface area contributed by atoms with Crippen LogP contribution in [0.4, 0.5) is 0 Å². The molecule has 1 amide bonds. The molecule has 2 N–H and O–H groups in total. The van der Waals surface area contributed by atoms with Crippen molar-refractivity contribution in [1.29, 1.82) is 0 Å². The number of nitrogens with one attached hydrogen (secondary N) is 2. The standard InChI is InChI=1S/C13H18N2O5S/c1-3-8-14-12(16)9-15-21(18,19)11-6-4-10(5-7-11)13(17)20-2/h4-7,15H,3,8-9H2,1-2H3,(H,14,16). The van der Waals surface area contributed by atoms with Gasteiger partial charge in [0.05, 0.1) is 24.1 Å². The summed E-state index contributed by atoms with van der Waals surface area (Å²) in [6, 6.07) is 5.24. The number of esters is 1. The fourth-order valence-electron chi connectivity index (χ4n) is 1.46. The molecule has 7 nitrogen and oxygen atoms in total. The largest absolute Gasteiger partial charge is 0.465 e. The number of amides is 1. The van der Waals surface area contributed by atoms with Gasteiger partial charge in [0.25, 0.3) is 0 Å². The number of hydrogen-bond acceptors (Lipinski definition) is 5. The van der Waals surface area contributed by atoms with Crippen LogP contribution in [0.15, 0.2) is 29.2 Å². The predicted molar refractivity (Wildman–Crippen MR) is 76.3 cm³/mol. The lowest BCUT2D eigenvalue weighted by Crippen LogP contribution is -2.37. The molecule has 1 aromatic carbocycles. The molecule has 0 aliphatic rings. The van der Waals surface area contributed by atoms with Crippen LogP contribution < -0.4 is 10.0 Å². The minimum Gasteiger partial charge on any atom is -0.465 e. The highest BCUT2D eigenvalue weighted by molar-refractivity contribution is 7.89. The quantitative estimate of drug-likeness (QED) is 0.704. The number of carbonyl (C=O) groups is 2. The van der Waals surface area contributed by atoms with Gasteiger partial charge in [-0.25, -0.2) is 17.9 Å². The van der Waals surface area contributed by atoms with E-state index in [0.29, 0.717) is 6.54 Å². The summed E-state index contributed by atoms with van der Waals surface area (Å²) >= 11 is 0. The fraction of sp³-hybridized carbons (Fsp3) is 0.385. The normalized spacial score (nSPS) is 11.0. The average molecular weight is 314 g/mol. The topological polar surface area (TPSA) is 102 Å². The zero-order valence-corrected chi connectivity index (χ0v) is 12.7. The Morgan fingerprint density at radius 1 is 1.19 bits per heavy atom. The van der Waals surface area contributed by atoms with Gasteiger partial charge in [-0.3, -0.25) is 4.79 Å². The van der Waals surface area contributed by atoms with Crippen LogP contribution in [0.2, 0.25) is 0 Å². The summed E-state index contributed by atoms with van der Waals surface area (Å²) in [7, 11) is -2.55. The van der Waals surface area contributed by atoms with Crippen LogP contribution in [-0.2, 0) is 19.6 Å². The number of ether oxygens (including phenoxy) is 1. The Morgan fingerprint density at radius 2 is 1.81 bits per heavy atom. The van der Waals surface area contributed by atoms with Crippen molar-refractivity contribution in [2.24, 2.45) is 0 Å². The molecular weight excluding hydrogens is 296 g/mol. The molecule has 0 spiro atoms. The van der Waals surface area contributed by atoms with E-state index in [9.17, 15) is 18.0 Å². The molecule has 0 fully saturated rings. The predicted octanol–water partition coefficient (Wildman–Crippen LogP) is 0.278. The van der Waals surface area contributed by atoms with E-state index < -0.39 is 21.9 Å². The Balaban J connectivity index is 2.70. The molecule has 0 aromatic heterocycles. The smallest absolute Gasteiger partial charge is 0.337 e. The summed E-state index contributed by atoms with van der Waals surface area (Å²) in [4.78, 5) is 22.6. The van der Waals surface area contributed by atoms with Crippen molar-refractivity contribution in [3.63, 3.8) is 0 Å². The summed E-state index contributed by atoms with van der Waals surface area (Å²) < 4.78 is 30.6. The van der Waals surface area contributed by atoms with Crippen molar-refractivity contribution < 1.29 is 22.7 Å².